The molecule has 1 aliphatic carbocycles. The quantitative estimate of drug-likeness (QED) is 0.535. The van der Waals surface area contributed by atoms with E-state index in [-0.39, 0.29) is 17.5 Å². The van der Waals surface area contributed by atoms with Crippen LogP contribution in [0.1, 0.15) is 37.7 Å². The second-order valence-corrected chi connectivity index (χ2v) is 9.20. The molecule has 1 amide bonds. The highest BCUT2D eigenvalue weighted by molar-refractivity contribution is 7.89. The molecule has 1 fully saturated rings. The Morgan fingerprint density at radius 3 is 2.45 bits per heavy atom. The second-order valence-electron chi connectivity index (χ2n) is 6.87. The summed E-state index contributed by atoms with van der Waals surface area (Å²) < 4.78 is 27.8. The first kappa shape index (κ1) is 21.4. The highest BCUT2D eigenvalue weighted by atomic mass is 35.5. The van der Waals surface area contributed by atoms with Gasteiger partial charge in [0.05, 0.1) is 17.7 Å². The van der Waals surface area contributed by atoms with E-state index in [0.717, 1.165) is 37.7 Å². The molecule has 0 atom stereocenters. The number of nitrogens with one attached hydrogen (secondary N) is 1. The van der Waals surface area contributed by atoms with Crippen LogP contribution >= 0.6 is 11.6 Å². The number of aromatic nitrogens is 1. The van der Waals surface area contributed by atoms with Gasteiger partial charge in [-0.2, -0.15) is 9.41 Å². The number of rotatable bonds is 7. The number of nitrogens with zero attached hydrogens (tertiary/aromatic N) is 3. The van der Waals surface area contributed by atoms with Gasteiger partial charge in [-0.1, -0.05) is 30.9 Å². The average Bonchev–Trinajstić information content (AvgIpc) is 2.73. The van der Waals surface area contributed by atoms with Crippen LogP contribution in [0.2, 0.25) is 5.02 Å². The number of carbonyl (C=O) groups excluding carboxylic acids is 1. The third-order valence-electron chi connectivity index (χ3n) is 4.81. The lowest BCUT2D eigenvalue weighted by Gasteiger charge is -2.32. The molecule has 0 unspecified atom stereocenters. The van der Waals surface area contributed by atoms with Gasteiger partial charge in [0.2, 0.25) is 10.0 Å². The molecule has 29 heavy (non-hydrogen) atoms. The first-order valence-electron chi connectivity index (χ1n) is 9.46. The van der Waals surface area contributed by atoms with Gasteiger partial charge in [-0.15, -0.1) is 0 Å². The van der Waals surface area contributed by atoms with Gasteiger partial charge in [0.15, 0.2) is 0 Å². The van der Waals surface area contributed by atoms with Crippen molar-refractivity contribution in [1.82, 2.24) is 14.7 Å². The number of sulfonamides is 1. The van der Waals surface area contributed by atoms with Crippen LogP contribution in [0.5, 0.6) is 0 Å². The Kier molecular flexibility index (Phi) is 7.35. The van der Waals surface area contributed by atoms with Crippen molar-refractivity contribution in [2.24, 2.45) is 5.10 Å². The molecule has 9 heteroatoms. The van der Waals surface area contributed by atoms with E-state index < -0.39 is 15.9 Å². The number of carbonyl (C=O) groups is 1. The Hall–Kier alpha value is -2.29. The number of benzene rings is 1. The molecule has 0 aliphatic heterocycles. The zero-order chi connectivity index (χ0) is 20.7. The van der Waals surface area contributed by atoms with E-state index in [2.05, 4.69) is 15.5 Å². The van der Waals surface area contributed by atoms with Gasteiger partial charge in [-0.25, -0.2) is 13.8 Å². The van der Waals surface area contributed by atoms with Crippen LogP contribution in [0.15, 0.2) is 58.8 Å². The maximum atomic E-state index is 13.2. The fraction of sp³-hybridized carbons (Fsp3) is 0.350. The molecular formula is C20H23ClN4O3S. The standard InChI is InChI=1S/C20H23ClN4O3S/c21-17-6-8-19(9-7-17)29(27,28)25(18-4-2-1-3-5-18)15-20(26)24-23-14-16-10-12-22-13-11-16/h6-14,18H,1-5,15H2,(H,24,26)/b23-14-. The minimum atomic E-state index is -3.84. The molecule has 154 valence electrons. The van der Waals surface area contributed by atoms with E-state index in [0.29, 0.717) is 5.02 Å². The normalized spacial score (nSPS) is 15.7. The zero-order valence-electron chi connectivity index (χ0n) is 15.9. The molecule has 0 radical (unpaired) electrons. The maximum absolute atomic E-state index is 13.2. The third kappa shape index (κ3) is 5.85. The number of amides is 1. The predicted molar refractivity (Wildman–Crippen MR) is 112 cm³/mol. The molecule has 3 rings (SSSR count). The number of pyridine rings is 1. The minimum absolute atomic E-state index is 0.126. The van der Waals surface area contributed by atoms with E-state index >= 15 is 0 Å². The molecule has 1 aliphatic rings. The van der Waals surface area contributed by atoms with Crippen molar-refractivity contribution in [3.63, 3.8) is 0 Å². The number of halogens is 1. The first-order valence-corrected chi connectivity index (χ1v) is 11.3. The van der Waals surface area contributed by atoms with E-state index in [1.807, 2.05) is 0 Å². The molecule has 1 aromatic heterocycles. The minimum Gasteiger partial charge on any atom is -0.272 e. The van der Waals surface area contributed by atoms with Crippen molar-refractivity contribution in [2.45, 2.75) is 43.0 Å². The lowest BCUT2D eigenvalue weighted by Crippen LogP contribution is -2.46. The summed E-state index contributed by atoms with van der Waals surface area (Å²) in [7, 11) is -3.84. The van der Waals surface area contributed by atoms with Gasteiger partial charge < -0.3 is 0 Å². The fourth-order valence-electron chi connectivity index (χ4n) is 3.33. The monoisotopic (exact) mass is 434 g/mol. The van der Waals surface area contributed by atoms with Gasteiger partial charge in [0.1, 0.15) is 0 Å². The molecule has 0 spiro atoms. The van der Waals surface area contributed by atoms with Crippen molar-refractivity contribution >= 4 is 33.7 Å². The predicted octanol–water partition coefficient (Wildman–Crippen LogP) is 3.21. The maximum Gasteiger partial charge on any atom is 0.255 e. The Bertz CT molecular complexity index is 943. The van der Waals surface area contributed by atoms with Crippen molar-refractivity contribution in [3.8, 4) is 0 Å². The van der Waals surface area contributed by atoms with Crippen molar-refractivity contribution in [2.75, 3.05) is 6.54 Å². The summed E-state index contributed by atoms with van der Waals surface area (Å²) in [4.78, 5) is 16.5. The molecule has 1 saturated carbocycles. The molecular weight excluding hydrogens is 412 g/mol. The van der Waals surface area contributed by atoms with Crippen LogP contribution in [-0.2, 0) is 14.8 Å². The molecule has 0 saturated heterocycles. The van der Waals surface area contributed by atoms with Gasteiger partial charge >= 0.3 is 0 Å². The SMILES string of the molecule is O=C(CN(C1CCCCC1)S(=O)(=O)c1ccc(Cl)cc1)N/N=C\c1ccncc1. The Balaban J connectivity index is 1.75. The Morgan fingerprint density at radius 2 is 1.79 bits per heavy atom. The summed E-state index contributed by atoms with van der Waals surface area (Å²) in [5.74, 6) is -0.488. The van der Waals surface area contributed by atoms with Crippen molar-refractivity contribution in [1.29, 1.82) is 0 Å². The van der Waals surface area contributed by atoms with Crippen LogP contribution in [0.4, 0.5) is 0 Å². The van der Waals surface area contributed by atoms with Crippen LogP contribution in [0, 0.1) is 0 Å². The Morgan fingerprint density at radius 1 is 1.14 bits per heavy atom. The summed E-state index contributed by atoms with van der Waals surface area (Å²) in [6, 6.07) is 9.28. The van der Waals surface area contributed by atoms with Gasteiger partial charge in [0, 0.05) is 23.5 Å². The first-order chi connectivity index (χ1) is 14.0. The fourth-order valence-corrected chi connectivity index (χ4v) is 5.09. The van der Waals surface area contributed by atoms with Crippen LogP contribution < -0.4 is 5.43 Å². The smallest absolute Gasteiger partial charge is 0.255 e. The molecule has 2 aromatic rings. The highest BCUT2D eigenvalue weighted by Gasteiger charge is 2.33. The van der Waals surface area contributed by atoms with E-state index in [9.17, 15) is 13.2 Å². The molecule has 1 aromatic carbocycles. The summed E-state index contributed by atoms with van der Waals surface area (Å²) in [5, 5.41) is 4.37. The summed E-state index contributed by atoms with van der Waals surface area (Å²) in [6.07, 6.45) is 9.16. The molecule has 1 heterocycles. The zero-order valence-corrected chi connectivity index (χ0v) is 17.4. The third-order valence-corrected chi connectivity index (χ3v) is 6.98. The van der Waals surface area contributed by atoms with Gasteiger partial charge in [-0.3, -0.25) is 9.78 Å². The summed E-state index contributed by atoms with van der Waals surface area (Å²) in [6.45, 7) is -0.288. The lowest BCUT2D eigenvalue weighted by atomic mass is 9.95. The highest BCUT2D eigenvalue weighted by Crippen LogP contribution is 2.28. The van der Waals surface area contributed by atoms with Gasteiger partial charge in [-0.05, 0) is 54.8 Å². The van der Waals surface area contributed by atoms with E-state index in [1.165, 1.54) is 34.8 Å². The number of hydrazone groups is 1. The second kappa shape index (κ2) is 9.96. The molecule has 1 N–H and O–H groups in total. The lowest BCUT2D eigenvalue weighted by molar-refractivity contribution is -0.121. The van der Waals surface area contributed by atoms with Crippen molar-refractivity contribution < 1.29 is 13.2 Å². The van der Waals surface area contributed by atoms with Gasteiger partial charge in [0.25, 0.3) is 5.91 Å². The van der Waals surface area contributed by atoms with E-state index in [4.69, 9.17) is 11.6 Å². The molecule has 7 nitrogen and oxygen atoms in total. The van der Waals surface area contributed by atoms with Crippen LogP contribution in [0.3, 0.4) is 0 Å². The van der Waals surface area contributed by atoms with Crippen molar-refractivity contribution in [3.05, 3.63) is 59.4 Å². The summed E-state index contributed by atoms with van der Waals surface area (Å²) in [5.41, 5.74) is 3.19. The number of hydrogen-bond acceptors (Lipinski definition) is 5. The van der Waals surface area contributed by atoms with Crippen LogP contribution in [0.25, 0.3) is 0 Å². The largest absolute Gasteiger partial charge is 0.272 e. The average molecular weight is 435 g/mol. The summed E-state index contributed by atoms with van der Waals surface area (Å²) >= 11 is 5.89. The van der Waals surface area contributed by atoms with E-state index in [1.54, 1.807) is 24.5 Å². The Labute approximate surface area is 175 Å². The number of hydrogen-bond donors (Lipinski definition) is 1. The molecule has 0 bridgehead atoms. The van der Waals surface area contributed by atoms with Crippen LogP contribution in [-0.4, -0.2) is 42.4 Å². The topological polar surface area (TPSA) is 91.7 Å².